The first-order valence-corrected chi connectivity index (χ1v) is 16.4. The number of halogens is 2. The highest BCUT2D eigenvalue weighted by Gasteiger charge is 2.34. The summed E-state index contributed by atoms with van der Waals surface area (Å²) in [6, 6.07) is 12.5. The van der Waals surface area contributed by atoms with Gasteiger partial charge >= 0.3 is 0 Å². The second-order valence-electron chi connectivity index (χ2n) is 10.7. The van der Waals surface area contributed by atoms with Crippen molar-refractivity contribution in [2.75, 3.05) is 45.8 Å². The Morgan fingerprint density at radius 3 is 2.04 bits per heavy atom. The smallest absolute Gasteiger partial charge is 0.265 e. The van der Waals surface area contributed by atoms with Gasteiger partial charge in [0.15, 0.2) is 11.5 Å². The number of nitrogens with one attached hydrogen (secondary N) is 1. The van der Waals surface area contributed by atoms with E-state index in [2.05, 4.69) is 5.32 Å². The molecule has 0 saturated carbocycles. The summed E-state index contributed by atoms with van der Waals surface area (Å²) >= 11 is 12.4. The number of methoxy groups -OCH3 is 4. The molecule has 0 aliphatic rings. The minimum atomic E-state index is -4.47. The second kappa shape index (κ2) is 16.1. The van der Waals surface area contributed by atoms with Crippen molar-refractivity contribution in [2.45, 2.75) is 38.3 Å². The first kappa shape index (κ1) is 36.6. The molecule has 250 valence electrons. The first-order valence-electron chi connectivity index (χ1n) is 14.2. The summed E-state index contributed by atoms with van der Waals surface area (Å²) < 4.78 is 51.2. The largest absolute Gasteiger partial charge is 0.497 e. The zero-order valence-electron chi connectivity index (χ0n) is 26.8. The topological polar surface area (TPSA) is 124 Å². The van der Waals surface area contributed by atoms with E-state index >= 15 is 0 Å². The van der Waals surface area contributed by atoms with Crippen LogP contribution in [0.15, 0.2) is 59.5 Å². The van der Waals surface area contributed by atoms with Crippen LogP contribution in [0.2, 0.25) is 10.0 Å². The second-order valence-corrected chi connectivity index (χ2v) is 13.3. The molecule has 3 rings (SSSR count). The molecule has 0 fully saturated rings. The molecule has 0 aromatic heterocycles. The number of hydrogen-bond acceptors (Lipinski definition) is 8. The molecule has 1 atom stereocenters. The zero-order valence-corrected chi connectivity index (χ0v) is 29.1. The lowest BCUT2D eigenvalue weighted by Crippen LogP contribution is -2.51. The fourth-order valence-corrected chi connectivity index (χ4v) is 6.23. The van der Waals surface area contributed by atoms with Crippen LogP contribution in [0, 0.1) is 5.92 Å². The van der Waals surface area contributed by atoms with Crippen molar-refractivity contribution in [3.05, 3.63) is 70.2 Å². The van der Waals surface area contributed by atoms with Crippen LogP contribution >= 0.6 is 23.2 Å². The Labute approximate surface area is 280 Å². The highest BCUT2D eigenvalue weighted by Crippen LogP contribution is 2.38. The van der Waals surface area contributed by atoms with Gasteiger partial charge < -0.3 is 29.2 Å². The van der Waals surface area contributed by atoms with Crippen LogP contribution in [-0.4, -0.2) is 72.7 Å². The number of carbonyl (C=O) groups is 2. The maximum atomic E-state index is 14.4. The van der Waals surface area contributed by atoms with Gasteiger partial charge in [-0.2, -0.15) is 0 Å². The number of benzene rings is 3. The highest BCUT2D eigenvalue weighted by atomic mass is 35.5. The molecule has 3 aromatic rings. The van der Waals surface area contributed by atoms with Gasteiger partial charge in [0.2, 0.25) is 11.8 Å². The van der Waals surface area contributed by atoms with E-state index < -0.39 is 34.4 Å². The summed E-state index contributed by atoms with van der Waals surface area (Å²) in [5.74, 6) is 0.0584. The first-order chi connectivity index (χ1) is 21.8. The molecule has 0 aliphatic carbocycles. The maximum absolute atomic E-state index is 14.4. The molecule has 0 spiro atoms. The summed E-state index contributed by atoms with van der Waals surface area (Å²) in [7, 11) is 1.15. The van der Waals surface area contributed by atoms with Gasteiger partial charge in [-0.25, -0.2) is 8.42 Å². The Hall–Kier alpha value is -3.87. The van der Waals surface area contributed by atoms with Crippen molar-refractivity contribution in [3.63, 3.8) is 0 Å². The highest BCUT2D eigenvalue weighted by molar-refractivity contribution is 7.92. The average molecular weight is 697 g/mol. The molecule has 14 heteroatoms. The van der Waals surface area contributed by atoms with Crippen LogP contribution in [0.25, 0.3) is 0 Å². The van der Waals surface area contributed by atoms with E-state index in [1.807, 2.05) is 13.8 Å². The Morgan fingerprint density at radius 2 is 1.46 bits per heavy atom. The fourth-order valence-electron chi connectivity index (χ4n) is 4.48. The number of ether oxygens (including phenoxy) is 4. The van der Waals surface area contributed by atoms with Gasteiger partial charge in [0, 0.05) is 25.2 Å². The van der Waals surface area contributed by atoms with Crippen LogP contribution in [-0.2, 0) is 26.2 Å². The van der Waals surface area contributed by atoms with Crippen LogP contribution in [0.3, 0.4) is 0 Å². The van der Waals surface area contributed by atoms with E-state index in [0.29, 0.717) is 28.6 Å². The SMILES string of the molecule is COc1ccc(OC)c(N(CC(=O)N(Cc2ccc(Cl)c(Cl)c2)[C@H](C)C(=O)NCC(C)C)S(=O)(=O)c2ccc(OC)c(OC)c2)c1. The molecule has 0 unspecified atom stereocenters. The van der Waals surface area contributed by atoms with Crippen molar-refractivity contribution in [3.8, 4) is 23.0 Å². The quantitative estimate of drug-likeness (QED) is 0.224. The van der Waals surface area contributed by atoms with Crippen molar-refractivity contribution in [1.82, 2.24) is 10.2 Å². The molecule has 0 heterocycles. The number of hydrogen-bond donors (Lipinski definition) is 1. The van der Waals surface area contributed by atoms with Crippen molar-refractivity contribution in [1.29, 1.82) is 0 Å². The lowest BCUT2D eigenvalue weighted by atomic mass is 10.1. The normalized spacial score (nSPS) is 11.9. The standard InChI is InChI=1S/C32H39Cl2N3O8S/c1-20(2)17-35-32(39)21(3)36(18-22-8-11-25(33)26(34)14-22)31(38)19-37(27-15-23(42-4)9-12-28(27)43-5)46(40,41)24-10-13-29(44-6)30(16-24)45-7/h8-16,20-21H,17-19H2,1-7H3,(H,35,39)/t21-/m1/s1. The molecule has 46 heavy (non-hydrogen) atoms. The van der Waals surface area contributed by atoms with E-state index in [1.165, 1.54) is 63.7 Å². The van der Waals surface area contributed by atoms with E-state index in [4.69, 9.17) is 42.1 Å². The Kier molecular flexibility index (Phi) is 12.8. The van der Waals surface area contributed by atoms with Crippen LogP contribution < -0.4 is 28.6 Å². The lowest BCUT2D eigenvalue weighted by molar-refractivity contribution is -0.139. The maximum Gasteiger partial charge on any atom is 0.265 e. The number of amides is 2. The van der Waals surface area contributed by atoms with Gasteiger partial charge in [-0.3, -0.25) is 13.9 Å². The molecule has 11 nitrogen and oxygen atoms in total. The fraction of sp³-hybridized carbons (Fsp3) is 0.375. The van der Waals surface area contributed by atoms with Gasteiger partial charge in [0.1, 0.15) is 24.1 Å². The summed E-state index contributed by atoms with van der Waals surface area (Å²) in [5, 5.41) is 3.44. The van der Waals surface area contributed by atoms with Gasteiger partial charge in [-0.1, -0.05) is 43.1 Å². The van der Waals surface area contributed by atoms with Crippen molar-refractivity contribution >= 4 is 50.7 Å². The van der Waals surface area contributed by atoms with Crippen LogP contribution in [0.1, 0.15) is 26.3 Å². The third kappa shape index (κ3) is 8.68. The summed E-state index contributed by atoms with van der Waals surface area (Å²) in [5.41, 5.74) is 0.621. The number of carbonyl (C=O) groups excluding carboxylic acids is 2. The molecule has 0 saturated heterocycles. The number of anilines is 1. The molecular formula is C32H39Cl2N3O8S. The Bertz CT molecular complexity index is 1650. The monoisotopic (exact) mass is 695 g/mol. The molecule has 1 N–H and O–H groups in total. The Morgan fingerprint density at radius 1 is 0.804 bits per heavy atom. The zero-order chi connectivity index (χ0) is 34.2. The Balaban J connectivity index is 2.17. The van der Waals surface area contributed by atoms with Gasteiger partial charge in [0.05, 0.1) is 49.1 Å². The number of rotatable bonds is 15. The van der Waals surface area contributed by atoms with Crippen LogP contribution in [0.5, 0.6) is 23.0 Å². The number of nitrogens with zero attached hydrogens (tertiary/aromatic N) is 2. The molecule has 0 radical (unpaired) electrons. The molecular weight excluding hydrogens is 657 g/mol. The average Bonchev–Trinajstić information content (AvgIpc) is 3.05. The van der Waals surface area contributed by atoms with E-state index in [-0.39, 0.29) is 39.6 Å². The number of sulfonamides is 1. The van der Waals surface area contributed by atoms with Crippen molar-refractivity contribution in [2.24, 2.45) is 5.92 Å². The minimum absolute atomic E-state index is 0.0383. The van der Waals surface area contributed by atoms with E-state index in [1.54, 1.807) is 31.2 Å². The lowest BCUT2D eigenvalue weighted by Gasteiger charge is -2.32. The third-order valence-electron chi connectivity index (χ3n) is 7.07. The van der Waals surface area contributed by atoms with Gasteiger partial charge in [-0.15, -0.1) is 0 Å². The predicted molar refractivity (Wildman–Crippen MR) is 178 cm³/mol. The van der Waals surface area contributed by atoms with Gasteiger partial charge in [-0.05, 0) is 54.8 Å². The summed E-state index contributed by atoms with van der Waals surface area (Å²) in [6.07, 6.45) is 0. The van der Waals surface area contributed by atoms with E-state index in [9.17, 15) is 18.0 Å². The molecule has 0 aliphatic heterocycles. The summed E-state index contributed by atoms with van der Waals surface area (Å²) in [6.45, 7) is 5.09. The van der Waals surface area contributed by atoms with E-state index in [0.717, 1.165) is 4.31 Å². The molecule has 3 aromatic carbocycles. The minimum Gasteiger partial charge on any atom is -0.497 e. The molecule has 0 bridgehead atoms. The third-order valence-corrected chi connectivity index (χ3v) is 9.56. The molecule has 2 amide bonds. The van der Waals surface area contributed by atoms with Gasteiger partial charge in [0.25, 0.3) is 10.0 Å². The van der Waals surface area contributed by atoms with Crippen LogP contribution in [0.4, 0.5) is 5.69 Å². The summed E-state index contributed by atoms with van der Waals surface area (Å²) in [4.78, 5) is 28.6. The van der Waals surface area contributed by atoms with Crippen molar-refractivity contribution < 1.29 is 37.0 Å². The predicted octanol–water partition coefficient (Wildman–Crippen LogP) is 5.41.